The Morgan fingerprint density at radius 1 is 0.818 bits per heavy atom. The predicted octanol–water partition coefficient (Wildman–Crippen LogP) is 6.33. The van der Waals surface area contributed by atoms with Crippen molar-refractivity contribution in [3.63, 3.8) is 0 Å². The van der Waals surface area contributed by atoms with Crippen LogP contribution >= 0.6 is 0 Å². The van der Waals surface area contributed by atoms with Gasteiger partial charge in [0.15, 0.2) is 17.3 Å². The summed E-state index contributed by atoms with van der Waals surface area (Å²) < 4.78 is 11.3. The number of anilines is 1. The second-order valence-corrected chi connectivity index (χ2v) is 11.2. The van der Waals surface area contributed by atoms with E-state index in [-0.39, 0.29) is 17.3 Å². The highest BCUT2D eigenvalue weighted by molar-refractivity contribution is 6.32. The fourth-order valence-electron chi connectivity index (χ4n) is 7.31. The van der Waals surface area contributed by atoms with Crippen LogP contribution in [0.25, 0.3) is 6.08 Å². The van der Waals surface area contributed by atoms with E-state index in [0.29, 0.717) is 40.4 Å². The molecule has 0 unspecified atom stereocenters. The van der Waals surface area contributed by atoms with Gasteiger partial charge in [-0.05, 0) is 48.9 Å². The van der Waals surface area contributed by atoms with Crippen LogP contribution in [0.15, 0.2) is 103 Å². The highest BCUT2D eigenvalue weighted by Gasteiger charge is 2.71. The molecule has 4 aromatic rings. The second-order valence-electron chi connectivity index (χ2n) is 11.2. The highest BCUT2D eigenvalue weighted by Crippen LogP contribution is 2.62. The van der Waals surface area contributed by atoms with Crippen LogP contribution in [-0.2, 0) is 4.79 Å². The van der Waals surface area contributed by atoms with Gasteiger partial charge in [0.05, 0.1) is 12.6 Å². The van der Waals surface area contributed by atoms with E-state index in [1.54, 1.807) is 48.5 Å². The minimum atomic E-state index is -1.63. The molecule has 3 aliphatic rings. The number of carbonyl (C=O) groups excluding carboxylic acids is 4. The first-order chi connectivity index (χ1) is 21.4. The van der Waals surface area contributed by atoms with Crippen molar-refractivity contribution in [2.45, 2.75) is 31.8 Å². The molecular formula is C37H29NO6. The van der Waals surface area contributed by atoms with Gasteiger partial charge in [-0.15, -0.1) is 0 Å². The lowest BCUT2D eigenvalue weighted by molar-refractivity contribution is -0.131. The predicted molar refractivity (Wildman–Crippen MR) is 166 cm³/mol. The number of nitrogens with zero attached hydrogens (tertiary/aromatic N) is 1. The van der Waals surface area contributed by atoms with Crippen molar-refractivity contribution in [1.82, 2.24) is 0 Å². The number of ether oxygens (including phenoxy) is 2. The second kappa shape index (κ2) is 10.5. The molecule has 0 N–H and O–H groups in total. The normalized spacial score (nSPS) is 20.7. The van der Waals surface area contributed by atoms with Gasteiger partial charge in [0.25, 0.3) is 0 Å². The standard InChI is InChI=1S/C37H29NO6/c1-3-43-30-15-9-7-13-28(30)32-33(34(40)24-16-19-25(20-17-24)44-22(2)39)38-29-14-8-4-10-23(29)18-21-31(38)37(32)35(41)26-11-5-6-12-27(26)36(37)42/h4-21,31-33H,3H2,1-2H3/t31-,32-,33+/m1/s1. The molecule has 1 aliphatic carbocycles. The average Bonchev–Trinajstić information content (AvgIpc) is 3.47. The molecule has 7 heteroatoms. The minimum absolute atomic E-state index is 0.265. The van der Waals surface area contributed by atoms with Gasteiger partial charge >= 0.3 is 5.97 Å². The summed E-state index contributed by atoms with van der Waals surface area (Å²) in [6.07, 6.45) is 3.84. The quantitative estimate of drug-likeness (QED) is 0.113. The number of hydrogen-bond donors (Lipinski definition) is 0. The van der Waals surface area contributed by atoms with Gasteiger partial charge in [-0.3, -0.25) is 19.2 Å². The van der Waals surface area contributed by atoms with Crippen LogP contribution in [-0.4, -0.2) is 42.0 Å². The molecule has 0 aromatic heterocycles. The molecule has 44 heavy (non-hydrogen) atoms. The molecule has 0 saturated carbocycles. The first kappa shape index (κ1) is 27.5. The van der Waals surface area contributed by atoms with Crippen molar-refractivity contribution in [2.24, 2.45) is 5.41 Å². The molecule has 0 bridgehead atoms. The van der Waals surface area contributed by atoms with Gasteiger partial charge in [0.2, 0.25) is 0 Å². The number of hydrogen-bond acceptors (Lipinski definition) is 7. The zero-order chi connectivity index (χ0) is 30.6. The van der Waals surface area contributed by atoms with Crippen LogP contribution in [0.2, 0.25) is 0 Å². The maximum atomic E-state index is 14.9. The van der Waals surface area contributed by atoms with E-state index < -0.39 is 29.4 Å². The fraction of sp³-hybridized carbons (Fsp3) is 0.189. The lowest BCUT2D eigenvalue weighted by Gasteiger charge is -2.37. The van der Waals surface area contributed by atoms with Crippen LogP contribution in [0.5, 0.6) is 11.5 Å². The van der Waals surface area contributed by atoms with E-state index in [1.165, 1.54) is 6.92 Å². The Balaban J connectivity index is 1.51. The Morgan fingerprint density at radius 2 is 1.45 bits per heavy atom. The van der Waals surface area contributed by atoms with Crippen LogP contribution in [0.3, 0.4) is 0 Å². The monoisotopic (exact) mass is 583 g/mol. The highest BCUT2D eigenvalue weighted by atomic mass is 16.5. The number of carbonyl (C=O) groups is 4. The first-order valence-electron chi connectivity index (χ1n) is 14.7. The Labute approximate surface area is 254 Å². The third kappa shape index (κ3) is 3.89. The van der Waals surface area contributed by atoms with Gasteiger partial charge in [-0.1, -0.05) is 72.8 Å². The average molecular weight is 584 g/mol. The summed E-state index contributed by atoms with van der Waals surface area (Å²) in [5.74, 6) is -1.38. The van der Waals surface area contributed by atoms with Crippen LogP contribution in [0, 0.1) is 5.41 Å². The number of ketones is 3. The lowest BCUT2D eigenvalue weighted by atomic mass is 9.64. The van der Waals surface area contributed by atoms with Crippen molar-refractivity contribution < 1.29 is 28.7 Å². The number of esters is 1. The minimum Gasteiger partial charge on any atom is -0.494 e. The SMILES string of the molecule is CCOc1ccccc1[C@@H]1[C@@H](C(=O)c2ccc(OC(C)=O)cc2)N2c3ccccc3C=C[C@@H]2C12C(=O)c1ccccc1C2=O. The van der Waals surface area contributed by atoms with Crippen LogP contribution in [0.1, 0.15) is 62.0 Å². The Kier molecular flexibility index (Phi) is 6.54. The zero-order valence-electron chi connectivity index (χ0n) is 24.2. The molecule has 2 aliphatic heterocycles. The Bertz CT molecular complexity index is 1840. The topological polar surface area (TPSA) is 90.0 Å². The zero-order valence-corrected chi connectivity index (χ0v) is 24.2. The summed E-state index contributed by atoms with van der Waals surface area (Å²) in [6.45, 7) is 3.55. The van der Waals surface area contributed by atoms with E-state index >= 15 is 0 Å². The maximum Gasteiger partial charge on any atom is 0.308 e. The fourth-order valence-corrected chi connectivity index (χ4v) is 7.31. The summed E-state index contributed by atoms with van der Waals surface area (Å²) in [7, 11) is 0. The van der Waals surface area contributed by atoms with E-state index in [9.17, 15) is 19.2 Å². The van der Waals surface area contributed by atoms with Gasteiger partial charge in [-0.2, -0.15) is 0 Å². The van der Waals surface area contributed by atoms with Crippen molar-refractivity contribution in [3.8, 4) is 11.5 Å². The molecule has 3 atom stereocenters. The first-order valence-corrected chi connectivity index (χ1v) is 14.7. The number of benzene rings is 4. The maximum absolute atomic E-state index is 14.9. The van der Waals surface area contributed by atoms with Gasteiger partial charge in [0, 0.05) is 40.8 Å². The van der Waals surface area contributed by atoms with Crippen LogP contribution < -0.4 is 14.4 Å². The van der Waals surface area contributed by atoms with Crippen molar-refractivity contribution >= 4 is 35.1 Å². The number of para-hydroxylation sites is 2. The molecule has 7 nitrogen and oxygen atoms in total. The summed E-state index contributed by atoms with van der Waals surface area (Å²) in [5.41, 5.74) is 1.74. The number of fused-ring (bicyclic) bond motifs is 5. The summed E-state index contributed by atoms with van der Waals surface area (Å²) >= 11 is 0. The van der Waals surface area contributed by atoms with Crippen molar-refractivity contribution in [2.75, 3.05) is 11.5 Å². The van der Waals surface area contributed by atoms with Gasteiger partial charge < -0.3 is 14.4 Å². The van der Waals surface area contributed by atoms with Crippen LogP contribution in [0.4, 0.5) is 5.69 Å². The van der Waals surface area contributed by atoms with E-state index in [1.807, 2.05) is 72.5 Å². The summed E-state index contributed by atoms with van der Waals surface area (Å²) in [6, 6.07) is 26.7. The third-order valence-electron chi connectivity index (χ3n) is 8.94. The van der Waals surface area contributed by atoms with E-state index in [4.69, 9.17) is 9.47 Å². The molecule has 7 rings (SSSR count). The van der Waals surface area contributed by atoms with Crippen molar-refractivity contribution in [1.29, 1.82) is 0 Å². The summed E-state index contributed by atoms with van der Waals surface area (Å²) in [4.78, 5) is 58.0. The van der Waals surface area contributed by atoms with E-state index in [0.717, 1.165) is 11.3 Å². The van der Waals surface area contributed by atoms with E-state index in [2.05, 4.69) is 0 Å². The Morgan fingerprint density at radius 3 is 2.14 bits per heavy atom. The molecule has 1 fully saturated rings. The molecule has 2 heterocycles. The smallest absolute Gasteiger partial charge is 0.308 e. The molecule has 0 radical (unpaired) electrons. The lowest BCUT2D eigenvalue weighted by Crippen LogP contribution is -2.48. The Hall–Kier alpha value is -5.30. The van der Waals surface area contributed by atoms with Gasteiger partial charge in [-0.25, -0.2) is 0 Å². The molecule has 1 saturated heterocycles. The van der Waals surface area contributed by atoms with Crippen molar-refractivity contribution in [3.05, 3.63) is 131 Å². The summed E-state index contributed by atoms with van der Waals surface area (Å²) in [5, 5.41) is 0. The van der Waals surface area contributed by atoms with Gasteiger partial charge in [0.1, 0.15) is 23.0 Å². The number of rotatable bonds is 6. The largest absolute Gasteiger partial charge is 0.494 e. The molecule has 218 valence electrons. The third-order valence-corrected chi connectivity index (χ3v) is 8.94. The number of Topliss-reactive ketones (excluding diaryl/α,β-unsaturated/α-hetero) is 3. The molecule has 1 spiro atoms. The molecule has 0 amide bonds. The molecule has 4 aromatic carbocycles. The molecular weight excluding hydrogens is 554 g/mol.